The summed E-state index contributed by atoms with van der Waals surface area (Å²) in [7, 11) is 0. The number of ether oxygens (including phenoxy) is 1. The van der Waals surface area contributed by atoms with Crippen LogP contribution in [0.2, 0.25) is 0 Å². The van der Waals surface area contributed by atoms with Gasteiger partial charge in [-0.3, -0.25) is 4.79 Å². The normalized spacial score (nSPS) is 17.4. The highest BCUT2D eigenvalue weighted by atomic mass is 16.5. The number of nitrogens with two attached hydrogens (primary N) is 1. The number of hydrogen-bond donors (Lipinski definition) is 2. The Morgan fingerprint density at radius 1 is 1.50 bits per heavy atom. The molecule has 110 valence electrons. The fourth-order valence-corrected chi connectivity index (χ4v) is 1.93. The van der Waals surface area contributed by atoms with Crippen LogP contribution in [-0.2, 0) is 11.3 Å². The van der Waals surface area contributed by atoms with E-state index in [1.165, 1.54) is 0 Å². The van der Waals surface area contributed by atoms with Crippen LogP contribution in [0.25, 0.3) is 0 Å². The molecule has 0 aromatic heterocycles. The van der Waals surface area contributed by atoms with Crippen molar-refractivity contribution in [2.45, 2.75) is 58.2 Å². The third-order valence-electron chi connectivity index (χ3n) is 3.81. The summed E-state index contributed by atoms with van der Waals surface area (Å²) in [6.45, 7) is 6.63. The third kappa shape index (κ3) is 3.51. The molecular weight excluding hydrogens is 252 g/mol. The first-order chi connectivity index (χ1) is 9.44. The highest BCUT2D eigenvalue weighted by molar-refractivity contribution is 5.88. The second-order valence-corrected chi connectivity index (χ2v) is 5.79. The lowest BCUT2D eigenvalue weighted by atomic mass is 10.1. The van der Waals surface area contributed by atoms with E-state index in [0.717, 1.165) is 36.1 Å². The van der Waals surface area contributed by atoms with Gasteiger partial charge < -0.3 is 15.8 Å². The molecular formula is C16H24N2O2. The van der Waals surface area contributed by atoms with Crippen LogP contribution < -0.4 is 15.8 Å². The van der Waals surface area contributed by atoms with E-state index in [4.69, 9.17) is 10.5 Å². The summed E-state index contributed by atoms with van der Waals surface area (Å²) in [5.74, 6) is 0.786. The van der Waals surface area contributed by atoms with Crippen molar-refractivity contribution in [2.24, 2.45) is 5.73 Å². The van der Waals surface area contributed by atoms with Crippen molar-refractivity contribution in [2.75, 3.05) is 0 Å². The van der Waals surface area contributed by atoms with Gasteiger partial charge >= 0.3 is 0 Å². The molecule has 3 N–H and O–H groups in total. The average Bonchev–Trinajstić information content (AvgIpc) is 3.16. The zero-order chi connectivity index (χ0) is 14.8. The van der Waals surface area contributed by atoms with Crippen molar-refractivity contribution in [3.8, 4) is 5.75 Å². The second-order valence-electron chi connectivity index (χ2n) is 5.79. The molecule has 2 rings (SSSR count). The summed E-state index contributed by atoms with van der Waals surface area (Å²) in [6.07, 6.45) is 2.67. The van der Waals surface area contributed by atoms with Crippen LogP contribution in [0.15, 0.2) is 18.2 Å². The summed E-state index contributed by atoms with van der Waals surface area (Å²) >= 11 is 0. The molecule has 1 unspecified atom stereocenters. The minimum atomic E-state index is -0.623. The second kappa shape index (κ2) is 5.83. The van der Waals surface area contributed by atoms with Crippen LogP contribution in [0.5, 0.6) is 5.75 Å². The molecule has 1 aliphatic carbocycles. The van der Waals surface area contributed by atoms with Crippen LogP contribution in [-0.4, -0.2) is 17.6 Å². The van der Waals surface area contributed by atoms with E-state index in [2.05, 4.69) is 12.2 Å². The SMILES string of the molecule is CCC(C)Oc1cc(C)ccc1CNC(=O)C1(N)CC1. The first-order valence-electron chi connectivity index (χ1n) is 7.28. The largest absolute Gasteiger partial charge is 0.490 e. The molecule has 1 aromatic rings. The third-order valence-corrected chi connectivity index (χ3v) is 3.81. The number of aryl methyl sites for hydroxylation is 1. The Kier molecular flexibility index (Phi) is 4.33. The fourth-order valence-electron chi connectivity index (χ4n) is 1.93. The highest BCUT2D eigenvalue weighted by Crippen LogP contribution is 2.32. The quantitative estimate of drug-likeness (QED) is 0.838. The fraction of sp³-hybridized carbons (Fsp3) is 0.562. The summed E-state index contributed by atoms with van der Waals surface area (Å²) in [4.78, 5) is 11.9. The molecule has 0 aliphatic heterocycles. The van der Waals surface area contributed by atoms with Crippen LogP contribution in [0.4, 0.5) is 0 Å². The van der Waals surface area contributed by atoms with Gasteiger partial charge in [-0.1, -0.05) is 19.1 Å². The van der Waals surface area contributed by atoms with E-state index < -0.39 is 5.54 Å². The van der Waals surface area contributed by atoms with Crippen molar-refractivity contribution in [3.05, 3.63) is 29.3 Å². The van der Waals surface area contributed by atoms with Crippen LogP contribution in [0.3, 0.4) is 0 Å². The van der Waals surface area contributed by atoms with E-state index in [9.17, 15) is 4.79 Å². The molecule has 1 aromatic carbocycles. The van der Waals surface area contributed by atoms with Crippen molar-refractivity contribution in [1.82, 2.24) is 5.32 Å². The number of amides is 1. The predicted molar refractivity (Wildman–Crippen MR) is 79.6 cm³/mol. The number of carbonyl (C=O) groups is 1. The van der Waals surface area contributed by atoms with Crippen LogP contribution >= 0.6 is 0 Å². The van der Waals surface area contributed by atoms with Crippen molar-refractivity contribution < 1.29 is 9.53 Å². The molecule has 0 saturated heterocycles. The monoisotopic (exact) mass is 276 g/mol. The van der Waals surface area contributed by atoms with Gasteiger partial charge in [0.25, 0.3) is 0 Å². The number of nitrogens with one attached hydrogen (secondary N) is 1. The molecule has 1 aliphatic rings. The van der Waals surface area contributed by atoms with Gasteiger partial charge in [-0.2, -0.15) is 0 Å². The summed E-state index contributed by atoms with van der Waals surface area (Å²) in [5, 5.41) is 2.91. The standard InChI is InChI=1S/C16H24N2O2/c1-4-12(3)20-14-9-11(2)5-6-13(14)10-18-15(19)16(17)7-8-16/h5-6,9,12H,4,7-8,10,17H2,1-3H3,(H,18,19). The lowest BCUT2D eigenvalue weighted by Gasteiger charge is -2.18. The zero-order valence-corrected chi connectivity index (χ0v) is 12.5. The van der Waals surface area contributed by atoms with Crippen LogP contribution in [0.1, 0.15) is 44.2 Å². The van der Waals surface area contributed by atoms with E-state index in [1.54, 1.807) is 0 Å². The van der Waals surface area contributed by atoms with Crippen molar-refractivity contribution >= 4 is 5.91 Å². The van der Waals surface area contributed by atoms with E-state index in [1.807, 2.05) is 32.0 Å². The number of hydrogen-bond acceptors (Lipinski definition) is 3. The molecule has 20 heavy (non-hydrogen) atoms. The van der Waals surface area contributed by atoms with E-state index in [0.29, 0.717) is 6.54 Å². The van der Waals surface area contributed by atoms with Gasteiger partial charge in [0.2, 0.25) is 5.91 Å². The molecule has 0 radical (unpaired) electrons. The summed E-state index contributed by atoms with van der Waals surface area (Å²) in [5.41, 5.74) is 7.40. The number of rotatable bonds is 6. The Hall–Kier alpha value is -1.55. The smallest absolute Gasteiger partial charge is 0.240 e. The van der Waals surface area contributed by atoms with E-state index in [-0.39, 0.29) is 12.0 Å². The Morgan fingerprint density at radius 3 is 2.80 bits per heavy atom. The van der Waals surface area contributed by atoms with Gasteiger partial charge in [-0.25, -0.2) is 0 Å². The highest BCUT2D eigenvalue weighted by Gasteiger charge is 2.45. The molecule has 0 bridgehead atoms. The molecule has 4 heteroatoms. The maximum absolute atomic E-state index is 11.9. The maximum atomic E-state index is 11.9. The maximum Gasteiger partial charge on any atom is 0.240 e. The van der Waals surface area contributed by atoms with Gasteiger partial charge in [0.1, 0.15) is 5.75 Å². The lowest BCUT2D eigenvalue weighted by Crippen LogP contribution is -2.42. The van der Waals surface area contributed by atoms with Crippen molar-refractivity contribution in [3.63, 3.8) is 0 Å². The number of benzene rings is 1. The Labute approximate surface area is 120 Å². The Morgan fingerprint density at radius 2 is 2.20 bits per heavy atom. The molecule has 1 atom stereocenters. The van der Waals surface area contributed by atoms with Crippen LogP contribution in [0, 0.1) is 6.92 Å². The van der Waals surface area contributed by atoms with Gasteiger partial charge in [-0.05, 0) is 44.7 Å². The molecule has 1 saturated carbocycles. The first-order valence-corrected chi connectivity index (χ1v) is 7.28. The predicted octanol–water partition coefficient (Wildman–Crippen LogP) is 2.28. The molecule has 1 fully saturated rings. The summed E-state index contributed by atoms with van der Waals surface area (Å²) in [6, 6.07) is 6.05. The number of carbonyl (C=O) groups excluding carboxylic acids is 1. The zero-order valence-electron chi connectivity index (χ0n) is 12.5. The lowest BCUT2D eigenvalue weighted by molar-refractivity contribution is -0.123. The minimum absolute atomic E-state index is 0.0624. The van der Waals surface area contributed by atoms with E-state index >= 15 is 0 Å². The van der Waals surface area contributed by atoms with Gasteiger partial charge in [0.05, 0.1) is 11.6 Å². The van der Waals surface area contributed by atoms with Gasteiger partial charge in [-0.15, -0.1) is 0 Å². The van der Waals surface area contributed by atoms with Gasteiger partial charge in [0.15, 0.2) is 0 Å². The average molecular weight is 276 g/mol. The topological polar surface area (TPSA) is 64.3 Å². The molecule has 0 spiro atoms. The summed E-state index contributed by atoms with van der Waals surface area (Å²) < 4.78 is 5.93. The van der Waals surface area contributed by atoms with Crippen molar-refractivity contribution in [1.29, 1.82) is 0 Å². The molecule has 4 nitrogen and oxygen atoms in total. The molecule has 1 amide bonds. The minimum Gasteiger partial charge on any atom is -0.490 e. The van der Waals surface area contributed by atoms with Gasteiger partial charge in [0, 0.05) is 12.1 Å². The molecule has 0 heterocycles. The first kappa shape index (κ1) is 14.9. The Bertz CT molecular complexity index is 495. The Balaban J connectivity index is 2.04.